The predicted molar refractivity (Wildman–Crippen MR) is 62.2 cm³/mol. The van der Waals surface area contributed by atoms with E-state index in [0.717, 1.165) is 51.6 Å². The number of rotatable bonds is 1. The molecule has 0 radical (unpaired) electrons. The third-order valence-corrected chi connectivity index (χ3v) is 3.06. The maximum Gasteiger partial charge on any atom is 0.0469 e. The molecular weight excluding hydrogens is 190 g/mol. The minimum absolute atomic E-state index is 0.740. The van der Waals surface area contributed by atoms with Crippen LogP contribution in [0.15, 0.2) is 0 Å². The third-order valence-electron chi connectivity index (χ3n) is 3.06. The Hall–Kier alpha value is -0.160. The van der Waals surface area contributed by atoms with Crippen molar-refractivity contribution >= 4 is 0 Å². The molecule has 0 aromatic heterocycles. The van der Waals surface area contributed by atoms with Gasteiger partial charge < -0.3 is 10.5 Å². The first kappa shape index (κ1) is 12.9. The molecule has 0 aliphatic carbocycles. The molecule has 0 amide bonds. The van der Waals surface area contributed by atoms with E-state index >= 15 is 0 Å². The maximum atomic E-state index is 5.47. The molecule has 0 aromatic carbocycles. The van der Waals surface area contributed by atoms with Crippen LogP contribution in [0.4, 0.5) is 0 Å². The number of nitrogens with zero attached hydrogens (tertiary/aromatic N) is 1. The fourth-order valence-electron chi connectivity index (χ4n) is 1.90. The summed E-state index contributed by atoms with van der Waals surface area (Å²) in [7, 11) is 0. The molecule has 2 rings (SSSR count). The summed E-state index contributed by atoms with van der Waals surface area (Å²) in [5.41, 5.74) is 5.45. The van der Waals surface area contributed by atoms with E-state index < -0.39 is 0 Å². The van der Waals surface area contributed by atoms with Crippen LogP contribution in [0.5, 0.6) is 0 Å². The van der Waals surface area contributed by atoms with Crippen molar-refractivity contribution in [3.63, 3.8) is 0 Å². The zero-order valence-corrected chi connectivity index (χ0v) is 9.66. The average molecular weight is 215 g/mol. The molecule has 0 atom stereocenters. The molecular formula is C11H25N3O. The molecule has 0 unspecified atom stereocenters. The summed E-state index contributed by atoms with van der Waals surface area (Å²) in [4.78, 5) is 0. The van der Waals surface area contributed by atoms with E-state index in [-0.39, 0.29) is 0 Å². The number of hydrogen-bond acceptors (Lipinski definition) is 4. The lowest BCUT2D eigenvalue weighted by Crippen LogP contribution is -2.35. The normalized spacial score (nSPS) is 24.4. The van der Waals surface area contributed by atoms with Gasteiger partial charge in [0.25, 0.3) is 0 Å². The zero-order valence-electron chi connectivity index (χ0n) is 9.66. The maximum absolute atomic E-state index is 5.47. The highest BCUT2D eigenvalue weighted by atomic mass is 16.5. The van der Waals surface area contributed by atoms with Gasteiger partial charge in [0.15, 0.2) is 0 Å². The van der Waals surface area contributed by atoms with Crippen LogP contribution < -0.4 is 11.6 Å². The van der Waals surface area contributed by atoms with E-state index in [1.54, 1.807) is 0 Å². The van der Waals surface area contributed by atoms with Gasteiger partial charge in [-0.15, -0.1) is 0 Å². The van der Waals surface area contributed by atoms with Crippen LogP contribution in [0.3, 0.4) is 0 Å². The van der Waals surface area contributed by atoms with Gasteiger partial charge in [-0.25, -0.2) is 5.01 Å². The lowest BCUT2D eigenvalue weighted by molar-refractivity contribution is 0.0688. The van der Waals surface area contributed by atoms with E-state index in [9.17, 15) is 0 Å². The monoisotopic (exact) mass is 215 g/mol. The molecule has 2 aliphatic rings. The van der Waals surface area contributed by atoms with Crippen LogP contribution in [-0.2, 0) is 4.74 Å². The van der Waals surface area contributed by atoms with E-state index in [2.05, 4.69) is 0 Å². The van der Waals surface area contributed by atoms with Crippen molar-refractivity contribution in [1.82, 2.24) is 5.01 Å². The second kappa shape index (κ2) is 8.05. The minimum atomic E-state index is 0.740. The molecule has 4 N–H and O–H groups in total. The molecule has 2 heterocycles. The van der Waals surface area contributed by atoms with Gasteiger partial charge in [0.05, 0.1) is 0 Å². The van der Waals surface area contributed by atoms with Crippen LogP contribution in [0.1, 0.15) is 32.1 Å². The second-order valence-corrected chi connectivity index (χ2v) is 4.39. The Labute approximate surface area is 92.9 Å². The zero-order chi connectivity index (χ0) is 10.9. The molecule has 2 saturated heterocycles. The predicted octanol–water partition coefficient (Wildman–Crippen LogP) is 0.718. The van der Waals surface area contributed by atoms with Gasteiger partial charge in [-0.05, 0) is 38.1 Å². The molecule has 0 aromatic rings. The molecule has 0 bridgehead atoms. The van der Waals surface area contributed by atoms with Gasteiger partial charge in [0.2, 0.25) is 0 Å². The van der Waals surface area contributed by atoms with Gasteiger partial charge in [0.1, 0.15) is 0 Å². The Morgan fingerprint density at radius 2 is 1.67 bits per heavy atom. The van der Waals surface area contributed by atoms with Gasteiger partial charge >= 0.3 is 0 Å². The minimum Gasteiger partial charge on any atom is -0.381 e. The number of nitrogens with two attached hydrogens (primary N) is 2. The quantitative estimate of drug-likeness (QED) is 0.633. The van der Waals surface area contributed by atoms with Crippen LogP contribution in [0.2, 0.25) is 0 Å². The summed E-state index contributed by atoms with van der Waals surface area (Å²) in [6.45, 7) is 4.87. The van der Waals surface area contributed by atoms with Crippen molar-refractivity contribution in [1.29, 1.82) is 0 Å². The lowest BCUT2D eigenvalue weighted by atomic mass is 10.0. The van der Waals surface area contributed by atoms with E-state index in [0.29, 0.717) is 0 Å². The van der Waals surface area contributed by atoms with Crippen molar-refractivity contribution in [3.05, 3.63) is 0 Å². The van der Waals surface area contributed by atoms with Crippen molar-refractivity contribution in [2.75, 3.05) is 32.8 Å². The Bertz CT molecular complexity index is 143. The highest BCUT2D eigenvalue weighted by Crippen LogP contribution is 2.11. The van der Waals surface area contributed by atoms with Crippen LogP contribution in [-0.4, -0.2) is 37.9 Å². The summed E-state index contributed by atoms with van der Waals surface area (Å²) in [5.74, 6) is 6.21. The van der Waals surface area contributed by atoms with Crippen LogP contribution in [0.25, 0.3) is 0 Å². The Kier molecular flexibility index (Phi) is 6.92. The number of hydrazine groups is 1. The third kappa shape index (κ3) is 6.10. The largest absolute Gasteiger partial charge is 0.381 e. The molecule has 4 heteroatoms. The van der Waals surface area contributed by atoms with Crippen molar-refractivity contribution in [2.45, 2.75) is 32.1 Å². The van der Waals surface area contributed by atoms with Gasteiger partial charge in [-0.2, -0.15) is 0 Å². The molecule has 0 spiro atoms. The molecule has 4 nitrogen and oxygen atoms in total. The first-order chi connectivity index (χ1) is 7.33. The van der Waals surface area contributed by atoms with Crippen molar-refractivity contribution < 1.29 is 4.74 Å². The lowest BCUT2D eigenvalue weighted by Gasteiger charge is -2.20. The summed E-state index contributed by atoms with van der Waals surface area (Å²) in [6, 6.07) is 0. The summed E-state index contributed by atoms with van der Waals surface area (Å²) < 4.78 is 5.15. The summed E-state index contributed by atoms with van der Waals surface area (Å²) >= 11 is 0. The fraction of sp³-hybridized carbons (Fsp3) is 1.00. The van der Waals surface area contributed by atoms with E-state index in [1.165, 1.54) is 19.3 Å². The molecule has 2 fully saturated rings. The standard InChI is InChI=1S/C6H13NO.C5H12N2/c7-5-6-1-3-8-4-2-6;6-7-4-2-1-3-5-7/h6H,1-5,7H2;1-6H2. The van der Waals surface area contributed by atoms with Gasteiger partial charge in [-0.1, -0.05) is 6.42 Å². The molecule has 2 aliphatic heterocycles. The first-order valence-corrected chi connectivity index (χ1v) is 6.10. The smallest absolute Gasteiger partial charge is 0.0469 e. The highest BCUT2D eigenvalue weighted by Gasteiger charge is 2.10. The van der Waals surface area contributed by atoms with Crippen molar-refractivity contribution in [3.8, 4) is 0 Å². The Morgan fingerprint density at radius 3 is 2.00 bits per heavy atom. The Morgan fingerprint density at radius 1 is 1.07 bits per heavy atom. The second-order valence-electron chi connectivity index (χ2n) is 4.39. The highest BCUT2D eigenvalue weighted by molar-refractivity contribution is 4.62. The molecule has 90 valence electrons. The van der Waals surface area contributed by atoms with Crippen LogP contribution in [0, 0.1) is 5.92 Å². The Balaban J connectivity index is 0.000000151. The number of ether oxygens (including phenoxy) is 1. The van der Waals surface area contributed by atoms with E-state index in [1.807, 2.05) is 5.01 Å². The van der Waals surface area contributed by atoms with Gasteiger partial charge in [-0.3, -0.25) is 5.84 Å². The average Bonchev–Trinajstić information content (AvgIpc) is 2.32. The summed E-state index contributed by atoms with van der Waals surface area (Å²) in [5, 5.41) is 1.89. The molecule has 15 heavy (non-hydrogen) atoms. The number of piperidine rings is 1. The van der Waals surface area contributed by atoms with E-state index in [4.69, 9.17) is 16.3 Å². The first-order valence-electron chi connectivity index (χ1n) is 6.10. The topological polar surface area (TPSA) is 64.5 Å². The molecule has 0 saturated carbocycles. The van der Waals surface area contributed by atoms with Crippen molar-refractivity contribution in [2.24, 2.45) is 17.5 Å². The SMILES string of the molecule is NCC1CCOCC1.NN1CCCCC1. The van der Waals surface area contributed by atoms with Gasteiger partial charge in [0, 0.05) is 26.3 Å². The fourth-order valence-corrected chi connectivity index (χ4v) is 1.90. The number of hydrogen-bond donors (Lipinski definition) is 2. The van der Waals surface area contributed by atoms with Crippen LogP contribution >= 0.6 is 0 Å². The summed E-state index contributed by atoms with van der Waals surface area (Å²) in [6.07, 6.45) is 6.27.